The smallest absolute Gasteiger partial charge is 0.178 e. The third kappa shape index (κ3) is 2.75. The summed E-state index contributed by atoms with van der Waals surface area (Å²) in [7, 11) is 0. The Balaban J connectivity index is 2.57. The minimum Gasteiger partial charge on any atom is -0.491 e. The van der Waals surface area contributed by atoms with Gasteiger partial charge in [0.15, 0.2) is 4.77 Å². The first-order chi connectivity index (χ1) is 9.60. The van der Waals surface area contributed by atoms with Gasteiger partial charge in [0.1, 0.15) is 11.3 Å². The molecule has 2 rings (SSSR count). The molecule has 1 N–H and O–H groups in total. The van der Waals surface area contributed by atoms with Gasteiger partial charge in [-0.25, -0.2) is 0 Å². The second kappa shape index (κ2) is 6.44. The maximum Gasteiger partial charge on any atom is 0.178 e. The molecule has 2 aromatic rings. The average molecular weight is 292 g/mol. The van der Waals surface area contributed by atoms with Crippen molar-refractivity contribution in [2.45, 2.75) is 46.6 Å². The quantitative estimate of drug-likeness (QED) is 0.751. The highest BCUT2D eigenvalue weighted by Gasteiger charge is 2.18. The third-order valence-corrected chi connectivity index (χ3v) is 3.99. The summed E-state index contributed by atoms with van der Waals surface area (Å²) in [5.41, 5.74) is 2.16. The van der Waals surface area contributed by atoms with Crippen molar-refractivity contribution < 1.29 is 4.74 Å². The van der Waals surface area contributed by atoms with Crippen molar-refractivity contribution in [3.05, 3.63) is 23.0 Å². The zero-order valence-electron chi connectivity index (χ0n) is 12.8. The summed E-state index contributed by atoms with van der Waals surface area (Å²) < 4.78 is 8.85. The number of fused-ring (bicyclic) bond motifs is 1. The molecule has 4 heteroatoms. The van der Waals surface area contributed by atoms with Crippen molar-refractivity contribution in [3.8, 4) is 5.75 Å². The van der Waals surface area contributed by atoms with Crippen LogP contribution >= 0.6 is 12.2 Å². The van der Waals surface area contributed by atoms with Crippen molar-refractivity contribution >= 4 is 23.3 Å². The van der Waals surface area contributed by atoms with Gasteiger partial charge in [0, 0.05) is 6.04 Å². The molecule has 0 spiro atoms. The fourth-order valence-corrected chi connectivity index (χ4v) is 3.07. The zero-order valence-corrected chi connectivity index (χ0v) is 13.6. The van der Waals surface area contributed by atoms with E-state index in [4.69, 9.17) is 17.0 Å². The maximum atomic E-state index is 5.82. The average Bonchev–Trinajstić information content (AvgIpc) is 2.74. The van der Waals surface area contributed by atoms with E-state index in [2.05, 4.69) is 43.3 Å². The van der Waals surface area contributed by atoms with Gasteiger partial charge in [-0.3, -0.25) is 0 Å². The molecule has 0 radical (unpaired) electrons. The summed E-state index contributed by atoms with van der Waals surface area (Å²) in [6, 6.07) is 6.58. The molecule has 1 aromatic heterocycles. The largest absolute Gasteiger partial charge is 0.491 e. The number of imidazole rings is 1. The Bertz CT molecular complexity index is 627. The molecule has 20 heavy (non-hydrogen) atoms. The number of hydrogen-bond donors (Lipinski definition) is 1. The number of nitrogens with one attached hydrogen (secondary N) is 1. The monoisotopic (exact) mass is 292 g/mol. The van der Waals surface area contributed by atoms with Crippen LogP contribution in [0, 0.1) is 10.7 Å². The van der Waals surface area contributed by atoms with Crippen molar-refractivity contribution in [1.29, 1.82) is 0 Å². The summed E-state index contributed by atoms with van der Waals surface area (Å²) >= 11 is 5.54. The molecule has 1 heterocycles. The van der Waals surface area contributed by atoms with E-state index in [9.17, 15) is 0 Å². The van der Waals surface area contributed by atoms with E-state index in [-0.39, 0.29) is 0 Å². The molecule has 0 saturated carbocycles. The fourth-order valence-electron chi connectivity index (χ4n) is 2.74. The van der Waals surface area contributed by atoms with E-state index >= 15 is 0 Å². The van der Waals surface area contributed by atoms with E-state index in [0.717, 1.165) is 41.0 Å². The van der Waals surface area contributed by atoms with Gasteiger partial charge in [0.05, 0.1) is 12.1 Å². The first kappa shape index (κ1) is 15.1. The molecule has 0 aliphatic rings. The second-order valence-electron chi connectivity index (χ2n) is 5.52. The van der Waals surface area contributed by atoms with Gasteiger partial charge in [-0.1, -0.05) is 33.8 Å². The Morgan fingerprint density at radius 3 is 2.65 bits per heavy atom. The lowest BCUT2D eigenvalue weighted by Crippen LogP contribution is -2.14. The van der Waals surface area contributed by atoms with Gasteiger partial charge in [-0.2, -0.15) is 0 Å². The number of aromatic amines is 1. The van der Waals surface area contributed by atoms with Crippen molar-refractivity contribution in [2.24, 2.45) is 5.92 Å². The minimum absolute atomic E-state index is 0.415. The Morgan fingerprint density at radius 2 is 2.05 bits per heavy atom. The predicted octanol–water partition coefficient (Wildman–Crippen LogP) is 5.09. The van der Waals surface area contributed by atoms with Crippen molar-refractivity contribution in [2.75, 3.05) is 6.61 Å². The van der Waals surface area contributed by atoms with Gasteiger partial charge in [-0.05, 0) is 43.1 Å². The number of para-hydroxylation sites is 1. The third-order valence-electron chi connectivity index (χ3n) is 3.70. The number of hydrogen-bond acceptors (Lipinski definition) is 2. The number of rotatable bonds is 6. The Labute approximate surface area is 126 Å². The van der Waals surface area contributed by atoms with Gasteiger partial charge < -0.3 is 14.3 Å². The minimum atomic E-state index is 0.415. The standard InChI is InChI=1S/C16H24N2OS/c1-5-10-19-14-9-7-8-13-15(14)17-16(20)18(13)12(6-2)11(3)4/h7-9,11-12H,5-6,10H2,1-4H3,(H,17,20). The number of aromatic nitrogens is 2. The normalized spacial score (nSPS) is 13.1. The molecular formula is C16H24N2OS. The molecule has 110 valence electrons. The molecular weight excluding hydrogens is 268 g/mol. The van der Waals surface area contributed by atoms with Gasteiger partial charge in [0.2, 0.25) is 0 Å². The van der Waals surface area contributed by atoms with Gasteiger partial charge in [0.25, 0.3) is 0 Å². The lowest BCUT2D eigenvalue weighted by Gasteiger charge is -2.21. The first-order valence-electron chi connectivity index (χ1n) is 7.46. The lowest BCUT2D eigenvalue weighted by atomic mass is 10.0. The van der Waals surface area contributed by atoms with Crippen molar-refractivity contribution in [3.63, 3.8) is 0 Å². The predicted molar refractivity (Wildman–Crippen MR) is 87.1 cm³/mol. The highest BCUT2D eigenvalue weighted by Crippen LogP contribution is 2.31. The number of ether oxygens (including phenoxy) is 1. The van der Waals surface area contributed by atoms with Crippen molar-refractivity contribution in [1.82, 2.24) is 9.55 Å². The number of benzene rings is 1. The molecule has 0 amide bonds. The Morgan fingerprint density at radius 1 is 1.30 bits per heavy atom. The maximum absolute atomic E-state index is 5.82. The van der Waals surface area contributed by atoms with Crippen LogP contribution < -0.4 is 4.74 Å². The molecule has 0 aliphatic carbocycles. The van der Waals surface area contributed by atoms with Crippen LogP contribution in [0.1, 0.15) is 46.6 Å². The Hall–Kier alpha value is -1.29. The van der Waals surface area contributed by atoms with Crippen LogP contribution in [0.25, 0.3) is 11.0 Å². The second-order valence-corrected chi connectivity index (χ2v) is 5.91. The SMILES string of the molecule is CCCOc1cccc2c1[nH]c(=S)n2C(CC)C(C)C. The van der Waals surface area contributed by atoms with E-state index in [1.54, 1.807) is 0 Å². The molecule has 0 saturated heterocycles. The summed E-state index contributed by atoms with van der Waals surface area (Å²) in [4.78, 5) is 3.33. The van der Waals surface area contributed by atoms with Crippen LogP contribution in [0.15, 0.2) is 18.2 Å². The molecule has 1 atom stereocenters. The van der Waals surface area contributed by atoms with E-state index in [0.29, 0.717) is 12.0 Å². The molecule has 0 bridgehead atoms. The van der Waals surface area contributed by atoms with Crippen LogP contribution in [0.2, 0.25) is 0 Å². The topological polar surface area (TPSA) is 29.9 Å². The highest BCUT2D eigenvalue weighted by molar-refractivity contribution is 7.71. The van der Waals surface area contributed by atoms with Crippen LogP contribution in [0.3, 0.4) is 0 Å². The van der Waals surface area contributed by atoms with E-state index in [1.807, 2.05) is 12.1 Å². The van der Waals surface area contributed by atoms with E-state index in [1.165, 1.54) is 0 Å². The highest BCUT2D eigenvalue weighted by atomic mass is 32.1. The van der Waals surface area contributed by atoms with Gasteiger partial charge in [-0.15, -0.1) is 0 Å². The zero-order chi connectivity index (χ0) is 14.7. The fraction of sp³-hybridized carbons (Fsp3) is 0.562. The molecule has 1 unspecified atom stereocenters. The molecule has 0 aliphatic heterocycles. The van der Waals surface area contributed by atoms with Crippen LogP contribution in [-0.2, 0) is 0 Å². The van der Waals surface area contributed by atoms with E-state index < -0.39 is 0 Å². The van der Waals surface area contributed by atoms with Crippen LogP contribution in [0.5, 0.6) is 5.75 Å². The number of H-pyrrole nitrogens is 1. The molecule has 3 nitrogen and oxygen atoms in total. The first-order valence-corrected chi connectivity index (χ1v) is 7.87. The summed E-state index contributed by atoms with van der Waals surface area (Å²) in [5.74, 6) is 1.44. The van der Waals surface area contributed by atoms with Crippen LogP contribution in [-0.4, -0.2) is 16.2 Å². The summed E-state index contributed by atoms with van der Waals surface area (Å²) in [5, 5.41) is 0. The van der Waals surface area contributed by atoms with Crippen LogP contribution in [0.4, 0.5) is 0 Å². The summed E-state index contributed by atoms with van der Waals surface area (Å²) in [6.07, 6.45) is 2.07. The molecule has 1 aromatic carbocycles. The molecule has 0 fully saturated rings. The summed E-state index contributed by atoms with van der Waals surface area (Å²) in [6.45, 7) is 9.53. The Kier molecular flexibility index (Phi) is 4.86. The lowest BCUT2D eigenvalue weighted by molar-refractivity contribution is 0.320. The number of nitrogens with zero attached hydrogens (tertiary/aromatic N) is 1. The van der Waals surface area contributed by atoms with Gasteiger partial charge >= 0.3 is 0 Å².